The second-order valence-electron chi connectivity index (χ2n) is 4.39. The van der Waals surface area contributed by atoms with E-state index in [9.17, 15) is 9.18 Å². The zero-order valence-electron chi connectivity index (χ0n) is 9.51. The second kappa shape index (κ2) is 5.46. The lowest BCUT2D eigenvalue weighted by molar-refractivity contribution is -0.114. The molecule has 90 valence electrons. The average Bonchev–Trinajstić information content (AvgIpc) is 2.47. The number of carbonyl (C=O) groups is 1. The third-order valence-corrected chi connectivity index (χ3v) is 3.32. The Labute approximate surface area is 105 Å². The largest absolute Gasteiger partial charge is 0.295 e. The molecule has 2 rings (SSSR count). The summed E-state index contributed by atoms with van der Waals surface area (Å²) < 4.78 is 12.9. The lowest BCUT2D eigenvalue weighted by atomic mass is 10.0. The Hall–Kier alpha value is -1.15. The van der Waals surface area contributed by atoms with Crippen LogP contribution >= 0.6 is 11.6 Å². The summed E-state index contributed by atoms with van der Waals surface area (Å²) in [6.07, 6.45) is 5.93. The Morgan fingerprint density at radius 2 is 2.00 bits per heavy atom. The first-order chi connectivity index (χ1) is 8.15. The van der Waals surface area contributed by atoms with Crippen LogP contribution in [0.3, 0.4) is 0 Å². The van der Waals surface area contributed by atoms with Crippen LogP contribution in [0.15, 0.2) is 29.8 Å². The number of rotatable bonds is 2. The van der Waals surface area contributed by atoms with Crippen molar-refractivity contribution in [2.24, 2.45) is 0 Å². The molecule has 0 atom stereocenters. The van der Waals surface area contributed by atoms with E-state index in [2.05, 4.69) is 0 Å². The maximum Gasteiger partial charge on any atom is 0.155 e. The molecule has 0 saturated carbocycles. The van der Waals surface area contributed by atoms with Crippen molar-refractivity contribution < 1.29 is 9.18 Å². The predicted molar refractivity (Wildman–Crippen MR) is 66.7 cm³/mol. The summed E-state index contributed by atoms with van der Waals surface area (Å²) >= 11 is 5.97. The quantitative estimate of drug-likeness (QED) is 0.775. The highest BCUT2D eigenvalue weighted by molar-refractivity contribution is 6.31. The normalized spacial score (nSPS) is 16.6. The molecule has 1 aliphatic rings. The monoisotopic (exact) mass is 252 g/mol. The number of hydrogen-bond acceptors (Lipinski definition) is 1. The van der Waals surface area contributed by atoms with E-state index in [1.165, 1.54) is 12.1 Å². The molecule has 0 saturated heterocycles. The van der Waals surface area contributed by atoms with Gasteiger partial charge in [-0.1, -0.05) is 23.2 Å². The molecule has 0 amide bonds. The summed E-state index contributed by atoms with van der Waals surface area (Å²) in [5, 5.41) is 0.433. The summed E-state index contributed by atoms with van der Waals surface area (Å²) in [5.41, 5.74) is 1.98. The molecule has 0 aromatic heterocycles. The zero-order valence-corrected chi connectivity index (χ0v) is 10.3. The molecular weight excluding hydrogens is 239 g/mol. The van der Waals surface area contributed by atoms with Crippen LogP contribution in [0.1, 0.15) is 31.2 Å². The van der Waals surface area contributed by atoms with Crippen molar-refractivity contribution in [3.05, 3.63) is 46.3 Å². The number of allylic oxidation sites excluding steroid dienone is 2. The van der Waals surface area contributed by atoms with Gasteiger partial charge >= 0.3 is 0 Å². The van der Waals surface area contributed by atoms with E-state index in [0.29, 0.717) is 17.9 Å². The molecular formula is C14H14ClFO. The van der Waals surface area contributed by atoms with Crippen LogP contribution in [0, 0.1) is 5.82 Å². The third-order valence-electron chi connectivity index (χ3n) is 2.97. The third kappa shape index (κ3) is 3.40. The first-order valence-corrected chi connectivity index (χ1v) is 6.19. The maximum atomic E-state index is 12.9. The first-order valence-electron chi connectivity index (χ1n) is 5.81. The van der Waals surface area contributed by atoms with Crippen LogP contribution in [0.5, 0.6) is 0 Å². The standard InChI is InChI=1S/C14H14ClFO/c15-14-9-12(16)6-5-11(14)7-10-3-1-2-4-13(17)8-10/h5-6,8-9H,1-4,7H2. The topological polar surface area (TPSA) is 17.1 Å². The maximum absolute atomic E-state index is 12.9. The SMILES string of the molecule is O=C1C=C(Cc2ccc(F)cc2Cl)CCCC1. The number of hydrogen-bond donors (Lipinski definition) is 0. The van der Waals surface area contributed by atoms with Gasteiger partial charge in [0.05, 0.1) is 0 Å². The van der Waals surface area contributed by atoms with Gasteiger partial charge < -0.3 is 0 Å². The minimum atomic E-state index is -0.329. The zero-order chi connectivity index (χ0) is 12.3. The van der Waals surface area contributed by atoms with Gasteiger partial charge in [-0.15, -0.1) is 0 Å². The molecule has 0 aliphatic heterocycles. The Morgan fingerprint density at radius 1 is 1.24 bits per heavy atom. The lowest BCUT2D eigenvalue weighted by Crippen LogP contribution is -1.95. The fourth-order valence-corrected chi connectivity index (χ4v) is 2.31. The Kier molecular flexibility index (Phi) is 3.95. The predicted octanol–water partition coefficient (Wildman–Crippen LogP) is 4.09. The van der Waals surface area contributed by atoms with Crippen molar-refractivity contribution in [2.75, 3.05) is 0 Å². The number of benzene rings is 1. The average molecular weight is 253 g/mol. The van der Waals surface area contributed by atoms with E-state index in [1.54, 1.807) is 12.1 Å². The molecule has 0 spiro atoms. The van der Waals surface area contributed by atoms with E-state index in [4.69, 9.17) is 11.6 Å². The summed E-state index contributed by atoms with van der Waals surface area (Å²) in [6.45, 7) is 0. The number of carbonyl (C=O) groups excluding carboxylic acids is 1. The van der Waals surface area contributed by atoms with Crippen LogP contribution < -0.4 is 0 Å². The molecule has 17 heavy (non-hydrogen) atoms. The van der Waals surface area contributed by atoms with Gasteiger partial charge in [0, 0.05) is 11.4 Å². The number of halogens is 2. The van der Waals surface area contributed by atoms with Crippen LogP contribution in [0.4, 0.5) is 4.39 Å². The Balaban J connectivity index is 2.16. The van der Waals surface area contributed by atoms with E-state index in [0.717, 1.165) is 30.4 Å². The smallest absolute Gasteiger partial charge is 0.155 e. The summed E-state index contributed by atoms with van der Waals surface area (Å²) in [7, 11) is 0. The molecule has 1 nitrogen and oxygen atoms in total. The van der Waals surface area contributed by atoms with Gasteiger partial charge in [-0.3, -0.25) is 4.79 Å². The van der Waals surface area contributed by atoms with Gasteiger partial charge in [0.1, 0.15) is 5.82 Å². The molecule has 0 heterocycles. The van der Waals surface area contributed by atoms with Gasteiger partial charge in [-0.25, -0.2) is 4.39 Å². The van der Waals surface area contributed by atoms with Crippen molar-refractivity contribution in [1.82, 2.24) is 0 Å². The summed E-state index contributed by atoms with van der Waals surface area (Å²) in [4.78, 5) is 11.5. The van der Waals surface area contributed by atoms with Gasteiger partial charge in [-0.05, 0) is 49.5 Å². The van der Waals surface area contributed by atoms with E-state index >= 15 is 0 Å². The molecule has 0 N–H and O–H groups in total. The van der Waals surface area contributed by atoms with Crippen molar-refractivity contribution in [1.29, 1.82) is 0 Å². The fraction of sp³-hybridized carbons (Fsp3) is 0.357. The molecule has 1 aromatic carbocycles. The summed E-state index contributed by atoms with van der Waals surface area (Å²) in [5.74, 6) is -0.139. The van der Waals surface area contributed by atoms with Crippen LogP contribution in [-0.4, -0.2) is 5.78 Å². The van der Waals surface area contributed by atoms with Crippen LogP contribution in [0.2, 0.25) is 5.02 Å². The van der Waals surface area contributed by atoms with E-state index < -0.39 is 0 Å². The Bertz CT molecular complexity index is 465. The molecule has 0 radical (unpaired) electrons. The first kappa shape index (κ1) is 12.3. The highest BCUT2D eigenvalue weighted by Crippen LogP contribution is 2.24. The lowest BCUT2D eigenvalue weighted by Gasteiger charge is -2.07. The van der Waals surface area contributed by atoms with Crippen LogP contribution in [-0.2, 0) is 11.2 Å². The number of ketones is 1. The molecule has 1 aromatic rings. The molecule has 0 fully saturated rings. The Morgan fingerprint density at radius 3 is 2.76 bits per heavy atom. The van der Waals surface area contributed by atoms with Crippen molar-refractivity contribution >= 4 is 17.4 Å². The van der Waals surface area contributed by atoms with Gasteiger partial charge in [-0.2, -0.15) is 0 Å². The highest BCUT2D eigenvalue weighted by Gasteiger charge is 2.10. The molecule has 1 aliphatic carbocycles. The van der Waals surface area contributed by atoms with Gasteiger partial charge in [0.15, 0.2) is 5.78 Å². The summed E-state index contributed by atoms with van der Waals surface area (Å²) in [6, 6.07) is 4.41. The molecule has 3 heteroatoms. The van der Waals surface area contributed by atoms with Gasteiger partial charge in [0.2, 0.25) is 0 Å². The van der Waals surface area contributed by atoms with E-state index in [1.807, 2.05) is 0 Å². The molecule has 0 bridgehead atoms. The van der Waals surface area contributed by atoms with Crippen molar-refractivity contribution in [2.45, 2.75) is 32.1 Å². The highest BCUT2D eigenvalue weighted by atomic mass is 35.5. The van der Waals surface area contributed by atoms with E-state index in [-0.39, 0.29) is 11.6 Å². The van der Waals surface area contributed by atoms with Gasteiger partial charge in [0.25, 0.3) is 0 Å². The minimum absolute atomic E-state index is 0.190. The van der Waals surface area contributed by atoms with Crippen molar-refractivity contribution in [3.8, 4) is 0 Å². The van der Waals surface area contributed by atoms with Crippen molar-refractivity contribution in [3.63, 3.8) is 0 Å². The van der Waals surface area contributed by atoms with Crippen LogP contribution in [0.25, 0.3) is 0 Å². The minimum Gasteiger partial charge on any atom is -0.295 e. The fourth-order valence-electron chi connectivity index (χ4n) is 2.07. The second-order valence-corrected chi connectivity index (χ2v) is 4.80. The molecule has 0 unspecified atom stereocenters.